The summed E-state index contributed by atoms with van der Waals surface area (Å²) < 4.78 is 19.6. The first kappa shape index (κ1) is 22.9. The molecule has 2 aliphatic heterocycles. The quantitative estimate of drug-likeness (QED) is 0.695. The molecule has 2 saturated heterocycles. The lowest BCUT2D eigenvalue weighted by molar-refractivity contribution is -0.140. The van der Waals surface area contributed by atoms with E-state index in [1.807, 2.05) is 30.3 Å². The first-order valence-corrected chi connectivity index (χ1v) is 11.2. The number of carbonyl (C=O) groups is 3. The first-order chi connectivity index (χ1) is 16.0. The lowest BCUT2D eigenvalue weighted by atomic mass is 10.1. The van der Waals surface area contributed by atoms with Gasteiger partial charge < -0.3 is 19.9 Å². The van der Waals surface area contributed by atoms with E-state index in [0.29, 0.717) is 37.9 Å². The van der Waals surface area contributed by atoms with Crippen molar-refractivity contribution in [3.8, 4) is 0 Å². The third-order valence-corrected chi connectivity index (χ3v) is 6.02. The number of benzene rings is 2. The average Bonchev–Trinajstić information content (AvgIpc) is 3.18. The van der Waals surface area contributed by atoms with Crippen molar-refractivity contribution in [1.82, 2.24) is 15.1 Å². The molecule has 1 N–H and O–H groups in total. The van der Waals surface area contributed by atoms with Crippen molar-refractivity contribution in [3.05, 3.63) is 71.5 Å². The van der Waals surface area contributed by atoms with Gasteiger partial charge in [0, 0.05) is 26.1 Å². The summed E-state index contributed by atoms with van der Waals surface area (Å²) in [5, 5.41) is 2.69. The SMILES string of the molecule is O=C1CC[C@@H](C(=O)N2CC(=O)N(CCc3ccccc3)CC(OCc3cccc(F)c3)C2)N1. The molecule has 7 nitrogen and oxygen atoms in total. The molecule has 0 aromatic heterocycles. The molecule has 0 bridgehead atoms. The van der Waals surface area contributed by atoms with Gasteiger partial charge in [0.1, 0.15) is 11.9 Å². The summed E-state index contributed by atoms with van der Waals surface area (Å²) >= 11 is 0. The monoisotopic (exact) mass is 453 g/mol. The van der Waals surface area contributed by atoms with Crippen LogP contribution < -0.4 is 5.32 Å². The molecule has 2 heterocycles. The molecular formula is C25H28FN3O4. The molecule has 3 amide bonds. The molecule has 0 spiro atoms. The predicted molar refractivity (Wildman–Crippen MR) is 119 cm³/mol. The van der Waals surface area contributed by atoms with E-state index in [2.05, 4.69) is 5.32 Å². The van der Waals surface area contributed by atoms with Crippen LogP contribution in [0.25, 0.3) is 0 Å². The van der Waals surface area contributed by atoms with Gasteiger partial charge in [0.05, 0.1) is 19.3 Å². The summed E-state index contributed by atoms with van der Waals surface area (Å²) in [6.45, 7) is 1.19. The Hall–Kier alpha value is -3.26. The number of carbonyl (C=O) groups excluding carboxylic acids is 3. The van der Waals surface area contributed by atoms with E-state index in [1.165, 1.54) is 17.0 Å². The summed E-state index contributed by atoms with van der Waals surface area (Å²) in [7, 11) is 0. The van der Waals surface area contributed by atoms with E-state index in [0.717, 1.165) is 5.56 Å². The van der Waals surface area contributed by atoms with Gasteiger partial charge in [-0.1, -0.05) is 42.5 Å². The number of nitrogens with zero attached hydrogens (tertiary/aromatic N) is 2. The van der Waals surface area contributed by atoms with Crippen molar-refractivity contribution in [3.63, 3.8) is 0 Å². The molecule has 2 aliphatic rings. The molecule has 174 valence electrons. The lowest BCUT2D eigenvalue weighted by Crippen LogP contribution is -2.48. The fraction of sp³-hybridized carbons (Fsp3) is 0.400. The van der Waals surface area contributed by atoms with Crippen molar-refractivity contribution in [1.29, 1.82) is 0 Å². The van der Waals surface area contributed by atoms with Crippen molar-refractivity contribution in [2.45, 2.75) is 38.0 Å². The molecule has 2 aromatic rings. The Morgan fingerprint density at radius 3 is 2.58 bits per heavy atom. The largest absolute Gasteiger partial charge is 0.370 e. The molecule has 1 unspecified atom stereocenters. The van der Waals surface area contributed by atoms with Crippen molar-refractivity contribution < 1.29 is 23.5 Å². The third-order valence-electron chi connectivity index (χ3n) is 6.02. The van der Waals surface area contributed by atoms with E-state index >= 15 is 0 Å². The van der Waals surface area contributed by atoms with E-state index in [4.69, 9.17) is 4.74 Å². The third kappa shape index (κ3) is 6.16. The fourth-order valence-corrected chi connectivity index (χ4v) is 4.24. The molecule has 2 fully saturated rings. The Labute approximate surface area is 192 Å². The number of nitrogens with one attached hydrogen (secondary N) is 1. The Morgan fingerprint density at radius 1 is 1.06 bits per heavy atom. The summed E-state index contributed by atoms with van der Waals surface area (Å²) in [6.07, 6.45) is 0.988. The van der Waals surface area contributed by atoms with E-state index < -0.39 is 12.1 Å². The lowest BCUT2D eigenvalue weighted by Gasteiger charge is -2.26. The summed E-state index contributed by atoms with van der Waals surface area (Å²) in [6, 6.07) is 15.5. The average molecular weight is 454 g/mol. The second kappa shape index (κ2) is 10.6. The van der Waals surface area contributed by atoms with E-state index in [1.54, 1.807) is 17.0 Å². The highest BCUT2D eigenvalue weighted by Gasteiger charge is 2.36. The van der Waals surface area contributed by atoms with Gasteiger partial charge in [-0.05, 0) is 36.1 Å². The van der Waals surface area contributed by atoms with Crippen LogP contribution in [0.5, 0.6) is 0 Å². The van der Waals surface area contributed by atoms with Gasteiger partial charge in [0.15, 0.2) is 0 Å². The molecule has 0 radical (unpaired) electrons. The highest BCUT2D eigenvalue weighted by atomic mass is 19.1. The van der Waals surface area contributed by atoms with Crippen molar-refractivity contribution >= 4 is 17.7 Å². The fourth-order valence-electron chi connectivity index (χ4n) is 4.24. The highest BCUT2D eigenvalue weighted by molar-refractivity contribution is 5.93. The van der Waals surface area contributed by atoms with Gasteiger partial charge >= 0.3 is 0 Å². The first-order valence-electron chi connectivity index (χ1n) is 11.2. The summed E-state index contributed by atoms with van der Waals surface area (Å²) in [5.41, 5.74) is 1.80. The molecular weight excluding hydrogens is 425 g/mol. The highest BCUT2D eigenvalue weighted by Crippen LogP contribution is 2.16. The zero-order valence-electron chi connectivity index (χ0n) is 18.4. The van der Waals surface area contributed by atoms with Gasteiger partial charge in [-0.25, -0.2) is 4.39 Å². The van der Waals surface area contributed by atoms with Gasteiger partial charge in [-0.15, -0.1) is 0 Å². The van der Waals surface area contributed by atoms with Crippen LogP contribution in [0.1, 0.15) is 24.0 Å². The standard InChI is InChI=1S/C25H28FN3O4/c26-20-8-4-7-19(13-20)17-33-21-14-28(12-11-18-5-2-1-3-6-18)24(31)16-29(15-21)25(32)22-9-10-23(30)27-22/h1-8,13,21-22H,9-12,14-17H2,(H,27,30)/t21?,22-/m0/s1. The number of rotatable bonds is 7. The van der Waals surface area contributed by atoms with E-state index in [-0.39, 0.29) is 43.2 Å². The van der Waals surface area contributed by atoms with Crippen molar-refractivity contribution in [2.75, 3.05) is 26.2 Å². The maximum absolute atomic E-state index is 13.5. The Balaban J connectivity index is 1.46. The Bertz CT molecular complexity index is 1000. The minimum absolute atomic E-state index is 0.0557. The maximum atomic E-state index is 13.5. The Morgan fingerprint density at radius 2 is 1.85 bits per heavy atom. The van der Waals surface area contributed by atoms with Crippen LogP contribution in [0, 0.1) is 5.82 Å². The molecule has 33 heavy (non-hydrogen) atoms. The zero-order chi connectivity index (χ0) is 23.2. The van der Waals surface area contributed by atoms with Crippen LogP contribution in [-0.4, -0.2) is 65.8 Å². The van der Waals surface area contributed by atoms with E-state index in [9.17, 15) is 18.8 Å². The second-order valence-corrected chi connectivity index (χ2v) is 8.52. The number of ether oxygens (including phenoxy) is 1. The molecule has 2 atom stereocenters. The van der Waals surface area contributed by atoms with Crippen LogP contribution in [0.3, 0.4) is 0 Å². The maximum Gasteiger partial charge on any atom is 0.245 e. The molecule has 2 aromatic carbocycles. The minimum atomic E-state index is -0.606. The number of amides is 3. The van der Waals surface area contributed by atoms with Gasteiger partial charge in [0.25, 0.3) is 0 Å². The zero-order valence-corrected chi connectivity index (χ0v) is 18.4. The second-order valence-electron chi connectivity index (χ2n) is 8.52. The Kier molecular flexibility index (Phi) is 7.34. The van der Waals surface area contributed by atoms with Crippen LogP contribution in [0.4, 0.5) is 4.39 Å². The predicted octanol–water partition coefficient (Wildman–Crippen LogP) is 1.90. The normalized spacial score (nSPS) is 21.1. The van der Waals surface area contributed by atoms with Crippen LogP contribution in [0.15, 0.2) is 54.6 Å². The van der Waals surface area contributed by atoms with Gasteiger partial charge in [-0.3, -0.25) is 14.4 Å². The van der Waals surface area contributed by atoms with Crippen LogP contribution in [0.2, 0.25) is 0 Å². The van der Waals surface area contributed by atoms with Crippen LogP contribution in [-0.2, 0) is 32.1 Å². The number of halogens is 1. The summed E-state index contributed by atoms with van der Waals surface area (Å²) in [5.74, 6) is -0.915. The smallest absolute Gasteiger partial charge is 0.245 e. The molecule has 0 aliphatic carbocycles. The van der Waals surface area contributed by atoms with Gasteiger partial charge in [-0.2, -0.15) is 0 Å². The molecule has 8 heteroatoms. The molecule has 0 saturated carbocycles. The topological polar surface area (TPSA) is 79.0 Å². The molecule has 4 rings (SSSR count). The minimum Gasteiger partial charge on any atom is -0.370 e. The van der Waals surface area contributed by atoms with Crippen molar-refractivity contribution in [2.24, 2.45) is 0 Å². The number of hydrogen-bond donors (Lipinski definition) is 1. The van der Waals surface area contributed by atoms with Crippen LogP contribution >= 0.6 is 0 Å². The van der Waals surface area contributed by atoms with Gasteiger partial charge in [0.2, 0.25) is 17.7 Å². The summed E-state index contributed by atoms with van der Waals surface area (Å²) in [4.78, 5) is 40.9. The number of hydrogen-bond acceptors (Lipinski definition) is 4.